The van der Waals surface area contributed by atoms with Crippen molar-refractivity contribution in [1.82, 2.24) is 14.3 Å². The Balaban J connectivity index is 3.05. The molecule has 1 aromatic heterocycles. The summed E-state index contributed by atoms with van der Waals surface area (Å²) in [5.41, 5.74) is 0. The number of nitrogens with zero attached hydrogens (tertiary/aromatic N) is 3. The quantitative estimate of drug-likeness (QED) is 0.568. The van der Waals surface area contributed by atoms with Crippen LogP contribution in [0.15, 0.2) is 17.3 Å². The number of carbonyl (C=O) groups is 1. The number of aromatic nitrogens is 2. The summed E-state index contributed by atoms with van der Waals surface area (Å²) >= 11 is 5.50. The van der Waals surface area contributed by atoms with Gasteiger partial charge in [-0.3, -0.25) is 4.79 Å². The molecule has 0 saturated carbocycles. The molecule has 0 N–H and O–H groups in total. The Labute approximate surface area is 116 Å². The van der Waals surface area contributed by atoms with E-state index in [1.165, 1.54) is 7.11 Å². The number of hydrogen-bond acceptors (Lipinski definition) is 6. The Morgan fingerprint density at radius 3 is 2.47 bits per heavy atom. The standard InChI is InChI=1S/C10H14ClN3O4S/c1-3-4-14(7-9(15)18-2)19(16,17)8-5-12-10(11)13-6-8/h5-6H,3-4,7H2,1-2H3. The fourth-order valence-electron chi connectivity index (χ4n) is 1.32. The van der Waals surface area contributed by atoms with Gasteiger partial charge in [0.1, 0.15) is 11.4 Å². The normalized spacial score (nSPS) is 11.6. The average Bonchev–Trinajstić information content (AvgIpc) is 2.38. The van der Waals surface area contributed by atoms with Crippen molar-refractivity contribution in [3.05, 3.63) is 17.7 Å². The highest BCUT2D eigenvalue weighted by Gasteiger charge is 2.26. The molecule has 0 aliphatic heterocycles. The van der Waals surface area contributed by atoms with Crippen LogP contribution in [-0.4, -0.2) is 48.9 Å². The molecule has 9 heteroatoms. The molecule has 106 valence electrons. The molecule has 19 heavy (non-hydrogen) atoms. The molecule has 0 amide bonds. The minimum absolute atomic E-state index is 0.0473. The van der Waals surface area contributed by atoms with Crippen LogP contribution < -0.4 is 0 Å². The monoisotopic (exact) mass is 307 g/mol. The molecule has 0 unspecified atom stereocenters. The van der Waals surface area contributed by atoms with Crippen molar-refractivity contribution in [2.24, 2.45) is 0 Å². The van der Waals surface area contributed by atoms with Gasteiger partial charge >= 0.3 is 5.97 Å². The summed E-state index contributed by atoms with van der Waals surface area (Å²) in [5, 5.41) is -0.0473. The van der Waals surface area contributed by atoms with Gasteiger partial charge in [0.15, 0.2) is 0 Å². The minimum atomic E-state index is -3.84. The molecule has 1 aromatic rings. The first kappa shape index (κ1) is 15.8. The van der Waals surface area contributed by atoms with E-state index in [2.05, 4.69) is 14.7 Å². The van der Waals surface area contributed by atoms with E-state index in [9.17, 15) is 13.2 Å². The number of rotatable bonds is 6. The molecular formula is C10H14ClN3O4S. The topological polar surface area (TPSA) is 89.5 Å². The summed E-state index contributed by atoms with van der Waals surface area (Å²) in [6, 6.07) is 0. The molecule has 0 spiro atoms. The van der Waals surface area contributed by atoms with Gasteiger partial charge in [0.2, 0.25) is 15.3 Å². The molecule has 7 nitrogen and oxygen atoms in total. The zero-order chi connectivity index (χ0) is 14.5. The van der Waals surface area contributed by atoms with Gasteiger partial charge in [-0.2, -0.15) is 4.31 Å². The second-order valence-electron chi connectivity index (χ2n) is 3.60. The summed E-state index contributed by atoms with van der Waals surface area (Å²) in [6.07, 6.45) is 2.76. The van der Waals surface area contributed by atoms with Crippen LogP contribution in [0.4, 0.5) is 0 Å². The predicted octanol–water partition coefficient (Wildman–Crippen LogP) is 0.704. The third-order valence-electron chi connectivity index (χ3n) is 2.24. The number of esters is 1. The highest BCUT2D eigenvalue weighted by molar-refractivity contribution is 7.89. The third kappa shape index (κ3) is 4.12. The first-order valence-electron chi connectivity index (χ1n) is 5.46. The van der Waals surface area contributed by atoms with E-state index in [0.717, 1.165) is 16.7 Å². The highest BCUT2D eigenvalue weighted by Crippen LogP contribution is 2.15. The van der Waals surface area contributed by atoms with Crippen LogP contribution in [0.1, 0.15) is 13.3 Å². The van der Waals surface area contributed by atoms with E-state index < -0.39 is 16.0 Å². The van der Waals surface area contributed by atoms with Gasteiger partial charge in [-0.05, 0) is 18.0 Å². The molecule has 0 radical (unpaired) electrons. The fraction of sp³-hybridized carbons (Fsp3) is 0.500. The van der Waals surface area contributed by atoms with Gasteiger partial charge in [-0.25, -0.2) is 18.4 Å². The van der Waals surface area contributed by atoms with Gasteiger partial charge < -0.3 is 4.74 Å². The Morgan fingerprint density at radius 1 is 1.42 bits per heavy atom. The van der Waals surface area contributed by atoms with Crippen molar-refractivity contribution in [3.63, 3.8) is 0 Å². The van der Waals surface area contributed by atoms with E-state index in [0.29, 0.717) is 6.42 Å². The van der Waals surface area contributed by atoms with Crippen LogP contribution >= 0.6 is 11.6 Å². The number of ether oxygens (including phenoxy) is 1. The van der Waals surface area contributed by atoms with Crippen LogP contribution in [0.3, 0.4) is 0 Å². The predicted molar refractivity (Wildman–Crippen MR) is 68.1 cm³/mol. The van der Waals surface area contributed by atoms with Crippen molar-refractivity contribution >= 4 is 27.6 Å². The van der Waals surface area contributed by atoms with Crippen molar-refractivity contribution in [1.29, 1.82) is 0 Å². The van der Waals surface area contributed by atoms with E-state index in [-0.39, 0.29) is 23.3 Å². The van der Waals surface area contributed by atoms with Crippen LogP contribution in [0.5, 0.6) is 0 Å². The lowest BCUT2D eigenvalue weighted by atomic mass is 10.5. The number of carbonyl (C=O) groups excluding carboxylic acids is 1. The summed E-state index contributed by atoms with van der Waals surface area (Å²) in [7, 11) is -2.64. The maximum atomic E-state index is 12.3. The van der Waals surface area contributed by atoms with Gasteiger partial charge in [-0.15, -0.1) is 0 Å². The summed E-state index contributed by atoms with van der Waals surface area (Å²) in [5.74, 6) is -0.632. The van der Waals surface area contributed by atoms with E-state index >= 15 is 0 Å². The van der Waals surface area contributed by atoms with Crippen LogP contribution in [0, 0.1) is 0 Å². The maximum absolute atomic E-state index is 12.3. The number of methoxy groups -OCH3 is 1. The zero-order valence-corrected chi connectivity index (χ0v) is 12.1. The summed E-state index contributed by atoms with van der Waals surface area (Å²) in [4.78, 5) is 18.4. The second kappa shape index (κ2) is 6.78. The molecule has 0 bridgehead atoms. The van der Waals surface area contributed by atoms with Crippen LogP contribution in [0.2, 0.25) is 5.28 Å². The van der Waals surface area contributed by atoms with Gasteiger partial charge in [0.25, 0.3) is 0 Å². The smallest absolute Gasteiger partial charge is 0.321 e. The van der Waals surface area contributed by atoms with Crippen molar-refractivity contribution in [3.8, 4) is 0 Å². The van der Waals surface area contributed by atoms with Crippen molar-refractivity contribution < 1.29 is 17.9 Å². The van der Waals surface area contributed by atoms with E-state index in [4.69, 9.17) is 11.6 Å². The zero-order valence-electron chi connectivity index (χ0n) is 10.5. The Hall–Kier alpha value is -1.25. The largest absolute Gasteiger partial charge is 0.468 e. The van der Waals surface area contributed by atoms with Crippen molar-refractivity contribution in [2.75, 3.05) is 20.2 Å². The summed E-state index contributed by atoms with van der Waals surface area (Å²) < 4.78 is 30.1. The lowest BCUT2D eigenvalue weighted by molar-refractivity contribution is -0.140. The molecule has 0 atom stereocenters. The minimum Gasteiger partial charge on any atom is -0.468 e. The number of halogens is 1. The molecule has 0 aromatic carbocycles. The summed E-state index contributed by atoms with van der Waals surface area (Å²) in [6.45, 7) is 1.65. The lowest BCUT2D eigenvalue weighted by Crippen LogP contribution is -2.36. The Kier molecular flexibility index (Phi) is 5.64. The molecular weight excluding hydrogens is 294 g/mol. The maximum Gasteiger partial charge on any atom is 0.321 e. The lowest BCUT2D eigenvalue weighted by Gasteiger charge is -2.19. The van der Waals surface area contributed by atoms with Gasteiger partial charge in [0.05, 0.1) is 19.5 Å². The second-order valence-corrected chi connectivity index (χ2v) is 5.88. The molecule has 1 heterocycles. The van der Waals surface area contributed by atoms with Gasteiger partial charge in [-0.1, -0.05) is 6.92 Å². The third-order valence-corrected chi connectivity index (χ3v) is 4.23. The first-order valence-corrected chi connectivity index (χ1v) is 7.28. The average molecular weight is 308 g/mol. The molecule has 0 aliphatic carbocycles. The number of sulfonamides is 1. The van der Waals surface area contributed by atoms with Crippen molar-refractivity contribution in [2.45, 2.75) is 18.2 Å². The van der Waals surface area contributed by atoms with Gasteiger partial charge in [0, 0.05) is 6.54 Å². The fourth-order valence-corrected chi connectivity index (χ4v) is 2.79. The SMILES string of the molecule is CCCN(CC(=O)OC)S(=O)(=O)c1cnc(Cl)nc1. The Morgan fingerprint density at radius 2 is 2.00 bits per heavy atom. The molecule has 0 fully saturated rings. The van der Waals surface area contributed by atoms with Crippen LogP contribution in [-0.2, 0) is 19.6 Å². The first-order chi connectivity index (χ1) is 8.91. The highest BCUT2D eigenvalue weighted by atomic mass is 35.5. The molecule has 0 aliphatic rings. The Bertz CT molecular complexity index is 532. The molecule has 1 rings (SSSR count). The van der Waals surface area contributed by atoms with E-state index in [1.807, 2.05) is 0 Å². The van der Waals surface area contributed by atoms with E-state index in [1.54, 1.807) is 6.92 Å². The number of hydrogen-bond donors (Lipinski definition) is 0. The molecule has 0 saturated heterocycles. The van der Waals surface area contributed by atoms with Crippen LogP contribution in [0.25, 0.3) is 0 Å².